The number of hydrogen-bond donors (Lipinski definition) is 2. The van der Waals surface area contributed by atoms with Crippen molar-refractivity contribution in [2.45, 2.75) is 64.6 Å². The van der Waals surface area contributed by atoms with Crippen LogP contribution in [0.15, 0.2) is 97.2 Å². The fourth-order valence-electron chi connectivity index (χ4n) is 6.40. The average Bonchev–Trinajstić information content (AvgIpc) is 3.21. The number of allylic oxidation sites excluding steroid dienone is 2. The fourth-order valence-corrected chi connectivity index (χ4v) is 6.40. The van der Waals surface area contributed by atoms with E-state index in [1.165, 1.54) is 24.4 Å². The number of fused-ring (bicyclic) bond motifs is 1. The number of nitrogens with one attached hydrogen (secondary N) is 1. The summed E-state index contributed by atoms with van der Waals surface area (Å²) in [7, 11) is 0. The zero-order valence-corrected chi connectivity index (χ0v) is 31.7. The minimum Gasteiger partial charge on any atom is -0.494 e. The maximum absolute atomic E-state index is 13.1. The predicted octanol–water partition coefficient (Wildman–Crippen LogP) is 10.1. The van der Waals surface area contributed by atoms with Crippen LogP contribution in [0.1, 0.15) is 97.3 Å². The molecule has 1 saturated carbocycles. The van der Waals surface area contributed by atoms with Crippen molar-refractivity contribution < 1.29 is 42.4 Å². The third-order valence-corrected chi connectivity index (χ3v) is 9.58. The van der Waals surface area contributed by atoms with Crippen LogP contribution in [0.4, 0.5) is 8.78 Å². The highest BCUT2D eigenvalue weighted by molar-refractivity contribution is 5.97. The molecule has 0 amide bonds. The van der Waals surface area contributed by atoms with Gasteiger partial charge in [-0.15, -0.1) is 0 Å². The van der Waals surface area contributed by atoms with Gasteiger partial charge in [-0.05, 0) is 142 Å². The average molecular weight is 778 g/mol. The van der Waals surface area contributed by atoms with Crippen LogP contribution < -0.4 is 14.2 Å². The molecule has 1 aromatic heterocycles. The molecule has 0 radical (unpaired) electrons. The summed E-state index contributed by atoms with van der Waals surface area (Å²) in [6, 6.07) is 18.6. The standard InChI is InChI=1S/C45H45F2N3O7/c1-29(2)43(51)55-20-6-4-3-5-19-54-39-17-14-32-22-34(13-12-33(32)25-39)44(52)56-40-18-15-35(23-36(40)26-48)45(53)57-41-28-50-38(24-37(41)27-49)16-11-30-7-9-31(10-8-30)21-42(46)47/h11-18,21-25,27-28,30-31,45,49,53H,1,3-10,19-20H2,2H3/b16-11+,49-27?. The Bertz CT molecular complexity index is 2180. The van der Waals surface area contributed by atoms with Crippen molar-refractivity contribution in [1.82, 2.24) is 4.98 Å². The summed E-state index contributed by atoms with van der Waals surface area (Å²) in [6.45, 7) is 6.10. The van der Waals surface area contributed by atoms with Crippen molar-refractivity contribution in [2.24, 2.45) is 11.8 Å². The molecule has 0 spiro atoms. The first-order valence-corrected chi connectivity index (χ1v) is 18.8. The quantitative estimate of drug-likeness (QED) is 0.0251. The van der Waals surface area contributed by atoms with Gasteiger partial charge in [0.2, 0.25) is 6.29 Å². The van der Waals surface area contributed by atoms with Gasteiger partial charge in [0.15, 0.2) is 0 Å². The number of unbranched alkanes of at least 4 members (excludes halogenated alkanes) is 3. The van der Waals surface area contributed by atoms with Gasteiger partial charge in [0.25, 0.3) is 6.08 Å². The molecule has 296 valence electrons. The van der Waals surface area contributed by atoms with E-state index in [4.69, 9.17) is 24.4 Å². The molecule has 0 saturated heterocycles. The molecular weight excluding hydrogens is 733 g/mol. The van der Waals surface area contributed by atoms with Crippen molar-refractivity contribution in [1.29, 1.82) is 10.7 Å². The van der Waals surface area contributed by atoms with Crippen LogP contribution in [-0.4, -0.2) is 41.5 Å². The van der Waals surface area contributed by atoms with Gasteiger partial charge in [-0.25, -0.2) is 9.59 Å². The molecule has 4 aromatic rings. The summed E-state index contributed by atoms with van der Waals surface area (Å²) in [5, 5.41) is 30.3. The third kappa shape index (κ3) is 12.4. The van der Waals surface area contributed by atoms with Crippen LogP contribution in [0, 0.1) is 28.6 Å². The zero-order chi connectivity index (χ0) is 40.7. The number of esters is 2. The molecule has 1 atom stereocenters. The lowest BCUT2D eigenvalue weighted by atomic mass is 9.82. The minimum absolute atomic E-state index is 0.00284. The Kier molecular flexibility index (Phi) is 15.2. The van der Waals surface area contributed by atoms with Crippen molar-refractivity contribution in [3.05, 3.63) is 125 Å². The second kappa shape index (κ2) is 20.6. The van der Waals surface area contributed by atoms with E-state index in [0.717, 1.165) is 61.6 Å². The summed E-state index contributed by atoms with van der Waals surface area (Å²) in [6.07, 6.45) is 10.6. The van der Waals surface area contributed by atoms with Crippen molar-refractivity contribution in [3.63, 3.8) is 0 Å². The molecule has 5 rings (SSSR count). The predicted molar refractivity (Wildman–Crippen MR) is 212 cm³/mol. The minimum atomic E-state index is -1.63. The lowest BCUT2D eigenvalue weighted by Crippen LogP contribution is -2.11. The number of aliphatic hydroxyl groups excluding tert-OH is 1. The second-order valence-corrected chi connectivity index (χ2v) is 13.9. The smallest absolute Gasteiger partial charge is 0.343 e. The normalized spacial score (nSPS) is 15.6. The number of aliphatic hydroxyl groups is 1. The Morgan fingerprint density at radius 1 is 0.965 bits per heavy atom. The number of nitriles is 1. The maximum Gasteiger partial charge on any atom is 0.343 e. The molecule has 2 N–H and O–H groups in total. The van der Waals surface area contributed by atoms with Crippen molar-refractivity contribution in [2.75, 3.05) is 13.2 Å². The highest BCUT2D eigenvalue weighted by Gasteiger charge is 2.20. The first-order valence-electron chi connectivity index (χ1n) is 18.8. The van der Waals surface area contributed by atoms with E-state index >= 15 is 0 Å². The number of benzene rings is 3. The fraction of sp³-hybridized carbons (Fsp3) is 0.311. The zero-order valence-electron chi connectivity index (χ0n) is 31.7. The molecule has 0 bridgehead atoms. The number of hydrogen-bond acceptors (Lipinski definition) is 10. The largest absolute Gasteiger partial charge is 0.494 e. The van der Waals surface area contributed by atoms with E-state index < -0.39 is 18.3 Å². The second-order valence-electron chi connectivity index (χ2n) is 13.9. The van der Waals surface area contributed by atoms with Gasteiger partial charge in [0.05, 0.1) is 36.2 Å². The Hall–Kier alpha value is -6.19. The molecular formula is C45H45F2N3O7. The molecule has 1 heterocycles. The maximum atomic E-state index is 13.1. The Labute approximate surface area is 330 Å². The highest BCUT2D eigenvalue weighted by atomic mass is 19.3. The van der Waals surface area contributed by atoms with Crippen molar-refractivity contribution in [3.8, 4) is 23.3 Å². The van der Waals surface area contributed by atoms with E-state index in [9.17, 15) is 28.7 Å². The van der Waals surface area contributed by atoms with E-state index in [-0.39, 0.29) is 46.0 Å². The van der Waals surface area contributed by atoms with Crippen LogP contribution in [-0.2, 0) is 9.53 Å². The third-order valence-electron chi connectivity index (χ3n) is 9.58. The number of carbonyl (C=O) groups excluding carboxylic acids is 2. The SMILES string of the molecule is C=C(C)C(=O)OCCCCCCOc1ccc2cc(C(=O)Oc3ccc(C(O)Oc4cnc(/C=C/C5CCC(C=C(F)F)CC5)cc4C=N)cc3C#N)ccc2c1. The van der Waals surface area contributed by atoms with Gasteiger partial charge < -0.3 is 29.5 Å². The Balaban J connectivity index is 1.12. The monoisotopic (exact) mass is 777 g/mol. The Morgan fingerprint density at radius 3 is 2.40 bits per heavy atom. The van der Waals surface area contributed by atoms with Gasteiger partial charge >= 0.3 is 11.9 Å². The molecule has 1 unspecified atom stereocenters. The van der Waals surface area contributed by atoms with Crippen molar-refractivity contribution >= 4 is 35.0 Å². The van der Waals surface area contributed by atoms with Crippen LogP contribution in [0.25, 0.3) is 16.8 Å². The van der Waals surface area contributed by atoms with Gasteiger partial charge in [0.1, 0.15) is 23.3 Å². The van der Waals surface area contributed by atoms with E-state index in [2.05, 4.69) is 11.6 Å². The molecule has 10 nitrogen and oxygen atoms in total. The summed E-state index contributed by atoms with van der Waals surface area (Å²) in [5.74, 6) is -0.0334. The summed E-state index contributed by atoms with van der Waals surface area (Å²) in [5.41, 5.74) is 1.83. The van der Waals surface area contributed by atoms with Crippen LogP contribution in [0.5, 0.6) is 17.2 Å². The number of ether oxygens (including phenoxy) is 4. The van der Waals surface area contributed by atoms with Crippen LogP contribution in [0.2, 0.25) is 0 Å². The number of nitrogens with zero attached hydrogens (tertiary/aromatic N) is 2. The lowest BCUT2D eigenvalue weighted by Gasteiger charge is -2.24. The van der Waals surface area contributed by atoms with E-state index in [1.54, 1.807) is 31.2 Å². The van der Waals surface area contributed by atoms with Gasteiger partial charge in [-0.1, -0.05) is 24.8 Å². The number of halogens is 2. The lowest BCUT2D eigenvalue weighted by molar-refractivity contribution is -0.139. The van der Waals surface area contributed by atoms with Gasteiger partial charge in [-0.2, -0.15) is 14.0 Å². The summed E-state index contributed by atoms with van der Waals surface area (Å²) >= 11 is 0. The first-order chi connectivity index (χ1) is 27.5. The Morgan fingerprint density at radius 2 is 1.68 bits per heavy atom. The van der Waals surface area contributed by atoms with E-state index in [1.807, 2.05) is 36.4 Å². The molecule has 1 aliphatic rings. The number of pyridine rings is 1. The van der Waals surface area contributed by atoms with Crippen LogP contribution in [0.3, 0.4) is 0 Å². The molecule has 0 aliphatic heterocycles. The number of aromatic nitrogens is 1. The summed E-state index contributed by atoms with van der Waals surface area (Å²) in [4.78, 5) is 28.9. The van der Waals surface area contributed by atoms with E-state index in [0.29, 0.717) is 48.6 Å². The van der Waals surface area contributed by atoms with Gasteiger partial charge in [0, 0.05) is 22.9 Å². The molecule has 3 aromatic carbocycles. The van der Waals surface area contributed by atoms with Crippen LogP contribution >= 0.6 is 0 Å². The highest BCUT2D eigenvalue weighted by Crippen LogP contribution is 2.33. The van der Waals surface area contributed by atoms with Gasteiger partial charge in [-0.3, -0.25) is 4.98 Å². The number of rotatable bonds is 18. The topological polar surface area (TPSA) is 152 Å². The number of carbonyl (C=O) groups is 2. The molecule has 1 fully saturated rings. The first kappa shape index (κ1) is 42.0. The summed E-state index contributed by atoms with van der Waals surface area (Å²) < 4.78 is 47.5. The molecule has 12 heteroatoms. The molecule has 57 heavy (non-hydrogen) atoms. The molecule has 1 aliphatic carbocycles.